The second kappa shape index (κ2) is 12.6. The number of nitriles is 1. The summed E-state index contributed by atoms with van der Waals surface area (Å²) >= 11 is 0. The van der Waals surface area contributed by atoms with Crippen LogP contribution in [0.5, 0.6) is 5.88 Å². The number of aryl methyl sites for hydroxylation is 1. The maximum Gasteiger partial charge on any atom is 0.277 e. The summed E-state index contributed by atoms with van der Waals surface area (Å²) in [6.07, 6.45) is -0.262. The van der Waals surface area contributed by atoms with Crippen molar-refractivity contribution in [3.8, 4) is 23.1 Å². The molecule has 0 saturated carbocycles. The van der Waals surface area contributed by atoms with Crippen LogP contribution in [0.1, 0.15) is 42.5 Å². The van der Waals surface area contributed by atoms with Gasteiger partial charge in [0, 0.05) is 18.4 Å². The number of ether oxygens (including phenoxy) is 2. The van der Waals surface area contributed by atoms with E-state index in [0.717, 1.165) is 4.57 Å². The summed E-state index contributed by atoms with van der Waals surface area (Å²) in [5.74, 6) is -1.63. The second-order valence-electron chi connectivity index (χ2n) is 9.72. The number of aromatic hydroxyl groups is 1. The molecule has 0 radical (unpaired) electrons. The lowest BCUT2D eigenvalue weighted by Crippen LogP contribution is -2.35. The number of nitrogens with zero attached hydrogens (tertiary/aromatic N) is 4. The fourth-order valence-corrected chi connectivity index (χ4v) is 5.85. The molecule has 0 bridgehead atoms. The number of hydrogen-bond acceptors (Lipinski definition) is 9. The molecule has 0 fully saturated rings. The summed E-state index contributed by atoms with van der Waals surface area (Å²) in [5, 5.41) is 20.3. The minimum Gasteiger partial charge on any atom is -0.492 e. The highest BCUT2D eigenvalue weighted by Crippen LogP contribution is 2.30. The molecular weight excluding hydrogens is 563 g/mol. The van der Waals surface area contributed by atoms with Crippen LogP contribution in [0.3, 0.4) is 0 Å². The van der Waals surface area contributed by atoms with Crippen molar-refractivity contribution in [2.45, 2.75) is 49.3 Å². The van der Waals surface area contributed by atoms with E-state index < -0.39 is 38.2 Å². The highest BCUT2D eigenvalue weighted by atomic mass is 32.2. The van der Waals surface area contributed by atoms with Gasteiger partial charge >= 0.3 is 0 Å². The van der Waals surface area contributed by atoms with Crippen LogP contribution < -0.4 is 5.56 Å². The van der Waals surface area contributed by atoms with Crippen molar-refractivity contribution in [3.63, 3.8) is 0 Å². The molecule has 4 rings (SSSR count). The maximum absolute atomic E-state index is 14.0. The first-order valence-corrected chi connectivity index (χ1v) is 14.4. The minimum absolute atomic E-state index is 0.0239. The van der Waals surface area contributed by atoms with Crippen LogP contribution in [0.15, 0.2) is 75.2 Å². The van der Waals surface area contributed by atoms with Crippen molar-refractivity contribution in [1.29, 1.82) is 5.26 Å². The molecule has 0 unspecified atom stereocenters. The Morgan fingerprint density at radius 3 is 2.43 bits per heavy atom. The Balaban J connectivity index is 1.89. The molecular formula is C30H29FN4O6S. The average Bonchev–Trinajstić information content (AvgIpc) is 2.95. The van der Waals surface area contributed by atoms with Crippen molar-refractivity contribution in [2.75, 3.05) is 13.7 Å². The topological polar surface area (TPSA) is 144 Å². The molecule has 12 heteroatoms. The van der Waals surface area contributed by atoms with Crippen LogP contribution in [0.4, 0.5) is 4.39 Å². The predicted molar refractivity (Wildman–Crippen MR) is 151 cm³/mol. The third kappa shape index (κ3) is 6.23. The maximum atomic E-state index is 14.0. The molecule has 0 spiro atoms. The Morgan fingerprint density at radius 2 is 1.81 bits per heavy atom. The number of rotatable bonds is 10. The standard InChI is InChI=1S/C30H29FN4O6S/c1-18(2)41-17-27-34-29(36)28(30(37)35(27)25(16-40-4)22-7-5-6-20(14-22)15-32)42(38,39)23-10-8-21(9-11-23)24-12-13-26(31)33-19(24)3/h5-14,18,25,36H,16-17H2,1-4H3/t25-/m0/s1. The monoisotopic (exact) mass is 592 g/mol. The van der Waals surface area contributed by atoms with Crippen molar-refractivity contribution in [2.24, 2.45) is 0 Å². The Hall–Kier alpha value is -4.44. The van der Waals surface area contributed by atoms with Gasteiger partial charge in [-0.3, -0.25) is 9.36 Å². The van der Waals surface area contributed by atoms with Gasteiger partial charge in [0.15, 0.2) is 4.90 Å². The lowest BCUT2D eigenvalue weighted by atomic mass is 10.0. The van der Waals surface area contributed by atoms with Gasteiger partial charge in [-0.1, -0.05) is 24.3 Å². The van der Waals surface area contributed by atoms with Crippen LogP contribution in [-0.4, -0.2) is 47.9 Å². The first-order chi connectivity index (χ1) is 20.0. The van der Waals surface area contributed by atoms with Gasteiger partial charge in [0.1, 0.15) is 12.4 Å². The molecule has 2 aromatic carbocycles. The van der Waals surface area contributed by atoms with Gasteiger partial charge in [-0.05, 0) is 68.3 Å². The summed E-state index contributed by atoms with van der Waals surface area (Å²) in [5.41, 5.74) is 1.39. The Bertz CT molecular complexity index is 1820. The minimum atomic E-state index is -4.59. The lowest BCUT2D eigenvalue weighted by Gasteiger charge is -2.24. The van der Waals surface area contributed by atoms with Gasteiger partial charge < -0.3 is 14.6 Å². The van der Waals surface area contributed by atoms with E-state index in [-0.39, 0.29) is 30.0 Å². The van der Waals surface area contributed by atoms with Crippen LogP contribution in [0.25, 0.3) is 11.1 Å². The molecule has 4 aromatic rings. The molecule has 2 heterocycles. The molecule has 1 atom stereocenters. The van der Waals surface area contributed by atoms with Gasteiger partial charge in [-0.2, -0.15) is 14.6 Å². The molecule has 0 saturated heterocycles. The summed E-state index contributed by atoms with van der Waals surface area (Å²) in [6, 6.07) is 15.9. The van der Waals surface area contributed by atoms with E-state index in [0.29, 0.717) is 27.9 Å². The molecule has 2 aromatic heterocycles. The average molecular weight is 593 g/mol. The first-order valence-electron chi connectivity index (χ1n) is 12.9. The highest BCUT2D eigenvalue weighted by Gasteiger charge is 2.32. The van der Waals surface area contributed by atoms with E-state index >= 15 is 0 Å². The van der Waals surface area contributed by atoms with Crippen molar-refractivity contribution in [1.82, 2.24) is 14.5 Å². The van der Waals surface area contributed by atoms with Crippen LogP contribution >= 0.6 is 0 Å². The third-order valence-corrected chi connectivity index (χ3v) is 8.30. The summed E-state index contributed by atoms with van der Waals surface area (Å²) < 4.78 is 53.2. The first kappa shape index (κ1) is 30.5. The molecule has 1 N–H and O–H groups in total. The summed E-state index contributed by atoms with van der Waals surface area (Å²) in [7, 11) is -3.17. The predicted octanol–water partition coefficient (Wildman–Crippen LogP) is 4.32. The van der Waals surface area contributed by atoms with E-state index in [1.807, 2.05) is 6.07 Å². The van der Waals surface area contributed by atoms with E-state index in [1.54, 1.807) is 45.0 Å². The van der Waals surface area contributed by atoms with Crippen molar-refractivity contribution < 1.29 is 27.4 Å². The van der Waals surface area contributed by atoms with Gasteiger partial charge in [0.2, 0.25) is 21.7 Å². The Labute approximate surface area is 242 Å². The normalized spacial score (nSPS) is 12.3. The molecule has 10 nitrogen and oxygen atoms in total. The van der Waals surface area contributed by atoms with Crippen LogP contribution in [0, 0.1) is 24.2 Å². The van der Waals surface area contributed by atoms with Gasteiger partial charge in [0.05, 0.1) is 35.3 Å². The van der Waals surface area contributed by atoms with E-state index in [9.17, 15) is 28.0 Å². The number of aromatic nitrogens is 3. The van der Waals surface area contributed by atoms with E-state index in [1.165, 1.54) is 43.5 Å². The second-order valence-corrected chi connectivity index (χ2v) is 11.6. The van der Waals surface area contributed by atoms with E-state index in [2.05, 4.69) is 9.97 Å². The number of halogens is 1. The molecule has 0 aliphatic rings. The zero-order chi connectivity index (χ0) is 30.6. The zero-order valence-electron chi connectivity index (χ0n) is 23.4. The molecule has 42 heavy (non-hydrogen) atoms. The number of sulfone groups is 1. The van der Waals surface area contributed by atoms with Gasteiger partial charge in [-0.25, -0.2) is 13.4 Å². The highest BCUT2D eigenvalue weighted by molar-refractivity contribution is 7.91. The smallest absolute Gasteiger partial charge is 0.277 e. The zero-order valence-corrected chi connectivity index (χ0v) is 24.2. The van der Waals surface area contributed by atoms with Crippen molar-refractivity contribution >= 4 is 9.84 Å². The van der Waals surface area contributed by atoms with Crippen molar-refractivity contribution in [3.05, 3.63) is 99.6 Å². The Morgan fingerprint density at radius 1 is 1.10 bits per heavy atom. The molecule has 218 valence electrons. The van der Waals surface area contributed by atoms with Crippen LogP contribution in [0.2, 0.25) is 0 Å². The van der Waals surface area contributed by atoms with Gasteiger partial charge in [-0.15, -0.1) is 0 Å². The largest absolute Gasteiger partial charge is 0.492 e. The van der Waals surface area contributed by atoms with Crippen LogP contribution in [-0.2, 0) is 25.9 Å². The molecule has 0 aliphatic heterocycles. The number of hydrogen-bond donors (Lipinski definition) is 1. The quantitative estimate of drug-likeness (QED) is 0.266. The fraction of sp³-hybridized carbons (Fsp3) is 0.267. The summed E-state index contributed by atoms with van der Waals surface area (Å²) in [6.45, 7) is 4.89. The van der Waals surface area contributed by atoms with Gasteiger partial charge in [0.25, 0.3) is 5.56 Å². The number of methoxy groups -OCH3 is 1. The Kier molecular flexibility index (Phi) is 9.16. The SMILES string of the molecule is COC[C@@H](c1cccc(C#N)c1)n1c(COC(C)C)nc(O)c(S(=O)(=O)c2ccc(-c3ccc(F)nc3C)cc2)c1=O. The molecule has 0 amide bonds. The molecule has 0 aliphatic carbocycles. The fourth-order valence-electron chi connectivity index (χ4n) is 4.51. The lowest BCUT2D eigenvalue weighted by molar-refractivity contribution is 0.0557. The third-order valence-electron chi connectivity index (χ3n) is 6.51. The summed E-state index contributed by atoms with van der Waals surface area (Å²) in [4.78, 5) is 20.8. The number of pyridine rings is 1. The van der Waals surface area contributed by atoms with E-state index in [4.69, 9.17) is 9.47 Å². The number of benzene rings is 2.